The Morgan fingerprint density at radius 2 is 2.00 bits per heavy atom. The van der Waals surface area contributed by atoms with E-state index in [1.165, 1.54) is 0 Å². The average Bonchev–Trinajstić information content (AvgIpc) is 2.92. The molecule has 3 aromatic rings. The summed E-state index contributed by atoms with van der Waals surface area (Å²) in [5.74, 6) is 0.783. The summed E-state index contributed by atoms with van der Waals surface area (Å²) in [6.45, 7) is 0. The molecular weight excluding hydrogens is 285 g/mol. The number of aromatic nitrogens is 3. The number of hydrogen-bond acceptors (Lipinski definition) is 4. The van der Waals surface area contributed by atoms with E-state index in [4.69, 9.17) is 27.7 Å². The highest BCUT2D eigenvalue weighted by molar-refractivity contribution is 6.35. The molecular formula is C13H7Cl2N3O. The maximum Gasteiger partial charge on any atom is 0.259 e. The molecule has 94 valence electrons. The number of rotatable bonds is 2. The Bertz CT molecular complexity index is 713. The summed E-state index contributed by atoms with van der Waals surface area (Å²) in [5, 5.41) is 4.97. The molecule has 4 nitrogen and oxygen atoms in total. The first-order valence-corrected chi connectivity index (χ1v) is 6.19. The summed E-state index contributed by atoms with van der Waals surface area (Å²) in [6.07, 6.45) is 3.34. The van der Waals surface area contributed by atoms with Crippen LogP contribution in [-0.4, -0.2) is 15.1 Å². The summed E-state index contributed by atoms with van der Waals surface area (Å²) in [4.78, 5) is 8.30. The molecule has 0 aliphatic carbocycles. The SMILES string of the molecule is Clc1ccc(Cl)c(-c2nc(-c3cccnc3)no2)c1. The van der Waals surface area contributed by atoms with Gasteiger partial charge in [0.15, 0.2) is 0 Å². The molecule has 0 saturated carbocycles. The first-order chi connectivity index (χ1) is 9.24. The third-order valence-corrected chi connectivity index (χ3v) is 3.07. The van der Waals surface area contributed by atoms with E-state index in [1.807, 2.05) is 6.07 Å². The fourth-order valence-corrected chi connectivity index (χ4v) is 1.98. The second kappa shape index (κ2) is 4.99. The van der Waals surface area contributed by atoms with Crippen molar-refractivity contribution in [3.05, 3.63) is 52.8 Å². The second-order valence-corrected chi connectivity index (χ2v) is 4.63. The number of pyridine rings is 1. The van der Waals surface area contributed by atoms with Crippen LogP contribution in [-0.2, 0) is 0 Å². The van der Waals surface area contributed by atoms with Crippen LogP contribution in [0.1, 0.15) is 0 Å². The quantitative estimate of drug-likeness (QED) is 0.713. The Kier molecular flexibility index (Phi) is 3.19. The van der Waals surface area contributed by atoms with E-state index in [9.17, 15) is 0 Å². The van der Waals surface area contributed by atoms with Crippen LogP contribution in [0, 0.1) is 0 Å². The minimum absolute atomic E-state index is 0.325. The number of halogens is 2. The van der Waals surface area contributed by atoms with Crippen molar-refractivity contribution in [2.75, 3.05) is 0 Å². The molecule has 0 aliphatic heterocycles. The Morgan fingerprint density at radius 3 is 2.79 bits per heavy atom. The summed E-state index contributed by atoms with van der Waals surface area (Å²) in [6, 6.07) is 8.72. The average molecular weight is 292 g/mol. The van der Waals surface area contributed by atoms with Gasteiger partial charge in [0.1, 0.15) is 0 Å². The molecule has 0 bridgehead atoms. The molecule has 2 heterocycles. The predicted octanol–water partition coefficient (Wildman–Crippen LogP) is 4.11. The Hall–Kier alpha value is -1.91. The zero-order valence-corrected chi connectivity index (χ0v) is 11.1. The lowest BCUT2D eigenvalue weighted by molar-refractivity contribution is 0.432. The van der Waals surface area contributed by atoms with Gasteiger partial charge in [-0.2, -0.15) is 4.98 Å². The van der Waals surface area contributed by atoms with E-state index in [2.05, 4.69) is 15.1 Å². The van der Waals surface area contributed by atoms with Gasteiger partial charge in [-0.1, -0.05) is 28.4 Å². The summed E-state index contributed by atoms with van der Waals surface area (Å²) in [7, 11) is 0. The van der Waals surface area contributed by atoms with Crippen molar-refractivity contribution in [2.45, 2.75) is 0 Å². The summed E-state index contributed by atoms with van der Waals surface area (Å²) in [5.41, 5.74) is 1.38. The molecule has 0 aliphatic rings. The molecule has 0 amide bonds. The number of hydrogen-bond donors (Lipinski definition) is 0. The van der Waals surface area contributed by atoms with Crippen molar-refractivity contribution in [1.82, 2.24) is 15.1 Å². The molecule has 0 radical (unpaired) electrons. The van der Waals surface area contributed by atoms with Gasteiger partial charge in [-0.25, -0.2) is 0 Å². The van der Waals surface area contributed by atoms with Gasteiger partial charge in [0.2, 0.25) is 5.82 Å². The molecule has 1 aromatic carbocycles. The first-order valence-electron chi connectivity index (χ1n) is 5.43. The van der Waals surface area contributed by atoms with Crippen molar-refractivity contribution < 1.29 is 4.52 Å². The highest BCUT2D eigenvalue weighted by Gasteiger charge is 2.13. The maximum atomic E-state index is 6.09. The van der Waals surface area contributed by atoms with Gasteiger partial charge in [0, 0.05) is 23.0 Å². The standard InChI is InChI=1S/C13H7Cl2N3O/c14-9-3-4-11(15)10(6-9)13-17-12(18-19-13)8-2-1-5-16-7-8/h1-7H. The fraction of sp³-hybridized carbons (Fsp3) is 0. The lowest BCUT2D eigenvalue weighted by atomic mass is 10.2. The second-order valence-electron chi connectivity index (χ2n) is 3.79. The number of nitrogens with zero attached hydrogens (tertiary/aromatic N) is 3. The number of benzene rings is 1. The monoisotopic (exact) mass is 291 g/mol. The van der Waals surface area contributed by atoms with Gasteiger partial charge < -0.3 is 4.52 Å². The van der Waals surface area contributed by atoms with E-state index in [-0.39, 0.29) is 0 Å². The van der Waals surface area contributed by atoms with Crippen molar-refractivity contribution in [3.63, 3.8) is 0 Å². The molecule has 0 N–H and O–H groups in total. The topological polar surface area (TPSA) is 51.8 Å². The fourth-order valence-electron chi connectivity index (χ4n) is 1.61. The molecule has 6 heteroatoms. The van der Waals surface area contributed by atoms with Crippen LogP contribution in [0.5, 0.6) is 0 Å². The minimum Gasteiger partial charge on any atom is -0.334 e. The highest BCUT2D eigenvalue weighted by Crippen LogP contribution is 2.30. The molecule has 0 unspecified atom stereocenters. The van der Waals surface area contributed by atoms with E-state index in [0.29, 0.717) is 27.3 Å². The van der Waals surface area contributed by atoms with Crippen LogP contribution in [0.4, 0.5) is 0 Å². The smallest absolute Gasteiger partial charge is 0.259 e. The molecule has 0 fully saturated rings. The van der Waals surface area contributed by atoms with Crippen LogP contribution < -0.4 is 0 Å². The van der Waals surface area contributed by atoms with Crippen molar-refractivity contribution in [2.24, 2.45) is 0 Å². The largest absolute Gasteiger partial charge is 0.334 e. The highest BCUT2D eigenvalue weighted by atomic mass is 35.5. The van der Waals surface area contributed by atoms with Gasteiger partial charge in [-0.05, 0) is 30.3 Å². The van der Waals surface area contributed by atoms with Crippen LogP contribution in [0.15, 0.2) is 47.2 Å². The minimum atomic E-state index is 0.325. The summed E-state index contributed by atoms with van der Waals surface area (Å²) >= 11 is 12.0. The van der Waals surface area contributed by atoms with E-state index >= 15 is 0 Å². The van der Waals surface area contributed by atoms with Gasteiger partial charge in [0.05, 0.1) is 10.6 Å². The van der Waals surface area contributed by atoms with Crippen LogP contribution in [0.3, 0.4) is 0 Å². The third kappa shape index (κ3) is 2.45. The molecule has 0 saturated heterocycles. The Labute approximate surface area is 119 Å². The lowest BCUT2D eigenvalue weighted by Gasteiger charge is -1.98. The van der Waals surface area contributed by atoms with E-state index in [1.54, 1.807) is 36.7 Å². The molecule has 19 heavy (non-hydrogen) atoms. The zero-order valence-electron chi connectivity index (χ0n) is 9.55. The van der Waals surface area contributed by atoms with E-state index in [0.717, 1.165) is 5.56 Å². The van der Waals surface area contributed by atoms with Crippen LogP contribution in [0.25, 0.3) is 22.8 Å². The Balaban J connectivity index is 2.04. The van der Waals surface area contributed by atoms with E-state index < -0.39 is 0 Å². The molecule has 0 atom stereocenters. The molecule has 2 aromatic heterocycles. The van der Waals surface area contributed by atoms with Crippen molar-refractivity contribution in [3.8, 4) is 22.8 Å². The van der Waals surface area contributed by atoms with Gasteiger partial charge in [0.25, 0.3) is 5.89 Å². The predicted molar refractivity (Wildman–Crippen MR) is 73.0 cm³/mol. The maximum absolute atomic E-state index is 6.09. The van der Waals surface area contributed by atoms with Crippen LogP contribution >= 0.6 is 23.2 Å². The van der Waals surface area contributed by atoms with Crippen LogP contribution in [0.2, 0.25) is 10.0 Å². The van der Waals surface area contributed by atoms with Gasteiger partial charge >= 0.3 is 0 Å². The normalized spacial score (nSPS) is 10.6. The van der Waals surface area contributed by atoms with Gasteiger partial charge in [-0.3, -0.25) is 4.98 Å². The third-order valence-electron chi connectivity index (χ3n) is 2.50. The van der Waals surface area contributed by atoms with Gasteiger partial charge in [-0.15, -0.1) is 0 Å². The Morgan fingerprint density at radius 1 is 1.11 bits per heavy atom. The zero-order chi connectivity index (χ0) is 13.2. The first kappa shape index (κ1) is 12.1. The lowest BCUT2D eigenvalue weighted by Crippen LogP contribution is -1.83. The summed E-state index contributed by atoms with van der Waals surface area (Å²) < 4.78 is 5.21. The molecule has 3 rings (SSSR count). The van der Waals surface area contributed by atoms with Crippen molar-refractivity contribution in [1.29, 1.82) is 0 Å². The van der Waals surface area contributed by atoms with Crippen molar-refractivity contribution >= 4 is 23.2 Å². The molecule has 0 spiro atoms.